The number of nitrogen functional groups attached to an aromatic ring is 1. The Morgan fingerprint density at radius 1 is 1.22 bits per heavy atom. The van der Waals surface area contributed by atoms with E-state index in [1.807, 2.05) is 24.3 Å². The van der Waals surface area contributed by atoms with Crippen molar-refractivity contribution in [3.63, 3.8) is 0 Å². The van der Waals surface area contributed by atoms with Gasteiger partial charge in [-0.25, -0.2) is 4.98 Å². The van der Waals surface area contributed by atoms with E-state index in [1.165, 1.54) is 16.2 Å². The van der Waals surface area contributed by atoms with Crippen molar-refractivity contribution in [1.29, 1.82) is 0 Å². The Hall–Kier alpha value is -1.10. The summed E-state index contributed by atoms with van der Waals surface area (Å²) < 4.78 is 0. The number of nitrogens with zero attached hydrogens (tertiary/aromatic N) is 1. The molecular formula is C13H15ClN2OS. The number of benzene rings is 1. The van der Waals surface area contributed by atoms with E-state index in [9.17, 15) is 0 Å². The topological polar surface area (TPSA) is 59.1 Å². The molecule has 0 saturated carbocycles. The number of aryl methyl sites for hydroxylation is 1. The molecule has 18 heavy (non-hydrogen) atoms. The first kappa shape index (κ1) is 13.3. The summed E-state index contributed by atoms with van der Waals surface area (Å²) in [5.74, 6) is 0. The molecule has 0 amide bonds. The molecule has 0 unspecified atom stereocenters. The van der Waals surface area contributed by atoms with Crippen molar-refractivity contribution in [2.24, 2.45) is 0 Å². The van der Waals surface area contributed by atoms with Crippen molar-refractivity contribution >= 4 is 28.1 Å². The molecule has 1 heterocycles. The Balaban J connectivity index is 2.23. The highest BCUT2D eigenvalue weighted by atomic mass is 35.5. The lowest BCUT2D eigenvalue weighted by Gasteiger charge is -2.02. The van der Waals surface area contributed by atoms with Crippen LogP contribution in [0.2, 0.25) is 5.02 Å². The number of hydrogen-bond donors (Lipinski definition) is 2. The zero-order valence-electron chi connectivity index (χ0n) is 9.90. The van der Waals surface area contributed by atoms with Gasteiger partial charge in [0.05, 0.1) is 5.69 Å². The van der Waals surface area contributed by atoms with Crippen molar-refractivity contribution in [2.75, 3.05) is 12.3 Å². The molecule has 2 aromatic rings. The minimum Gasteiger partial charge on any atom is -0.396 e. The van der Waals surface area contributed by atoms with Crippen LogP contribution in [0.3, 0.4) is 0 Å². The number of aliphatic hydroxyl groups excluding tert-OH is 1. The third-order valence-corrected chi connectivity index (χ3v) is 3.84. The van der Waals surface area contributed by atoms with Crippen LogP contribution in [0.15, 0.2) is 24.3 Å². The fourth-order valence-electron chi connectivity index (χ4n) is 1.77. The minimum atomic E-state index is 0.227. The predicted octanol–water partition coefficient (Wildman–Crippen LogP) is 3.36. The van der Waals surface area contributed by atoms with Crippen LogP contribution >= 0.6 is 22.9 Å². The van der Waals surface area contributed by atoms with Crippen molar-refractivity contribution in [3.05, 3.63) is 34.2 Å². The van der Waals surface area contributed by atoms with Crippen molar-refractivity contribution in [3.8, 4) is 11.3 Å². The van der Waals surface area contributed by atoms with E-state index in [-0.39, 0.29) is 6.61 Å². The van der Waals surface area contributed by atoms with Crippen LogP contribution < -0.4 is 5.73 Å². The summed E-state index contributed by atoms with van der Waals surface area (Å²) in [5.41, 5.74) is 7.75. The van der Waals surface area contributed by atoms with Gasteiger partial charge in [0.25, 0.3) is 0 Å². The molecule has 0 atom stereocenters. The van der Waals surface area contributed by atoms with Gasteiger partial charge in [0.15, 0.2) is 5.13 Å². The number of nitrogens with two attached hydrogens (primary N) is 1. The average Bonchev–Trinajstić information content (AvgIpc) is 2.72. The minimum absolute atomic E-state index is 0.227. The Labute approximate surface area is 115 Å². The van der Waals surface area contributed by atoms with Gasteiger partial charge in [0.2, 0.25) is 0 Å². The number of halogens is 1. The van der Waals surface area contributed by atoms with Gasteiger partial charge >= 0.3 is 0 Å². The first-order valence-electron chi connectivity index (χ1n) is 5.82. The van der Waals surface area contributed by atoms with E-state index >= 15 is 0 Å². The molecule has 0 radical (unpaired) electrons. The fraction of sp³-hybridized carbons (Fsp3) is 0.308. The lowest BCUT2D eigenvalue weighted by molar-refractivity contribution is 0.285. The zero-order chi connectivity index (χ0) is 13.0. The van der Waals surface area contributed by atoms with Crippen LogP contribution in [0.5, 0.6) is 0 Å². The highest BCUT2D eigenvalue weighted by Gasteiger charge is 2.11. The van der Waals surface area contributed by atoms with Crippen molar-refractivity contribution in [1.82, 2.24) is 4.98 Å². The van der Waals surface area contributed by atoms with Gasteiger partial charge in [-0.2, -0.15) is 0 Å². The summed E-state index contributed by atoms with van der Waals surface area (Å²) in [6.07, 6.45) is 2.64. The molecule has 0 aliphatic carbocycles. The maximum Gasteiger partial charge on any atom is 0.180 e. The number of rotatable bonds is 5. The van der Waals surface area contributed by atoms with E-state index in [0.29, 0.717) is 10.2 Å². The van der Waals surface area contributed by atoms with Crippen molar-refractivity contribution < 1.29 is 5.11 Å². The molecule has 0 bridgehead atoms. The smallest absolute Gasteiger partial charge is 0.180 e. The molecule has 2 rings (SSSR count). The fourth-order valence-corrected chi connectivity index (χ4v) is 2.79. The number of hydrogen-bond acceptors (Lipinski definition) is 4. The molecule has 0 spiro atoms. The first-order valence-corrected chi connectivity index (χ1v) is 7.02. The van der Waals surface area contributed by atoms with Crippen molar-refractivity contribution in [2.45, 2.75) is 19.3 Å². The summed E-state index contributed by atoms with van der Waals surface area (Å²) in [7, 11) is 0. The predicted molar refractivity (Wildman–Crippen MR) is 77.0 cm³/mol. The molecule has 96 valence electrons. The van der Waals surface area contributed by atoms with E-state index < -0.39 is 0 Å². The molecule has 1 aromatic heterocycles. The molecule has 3 nitrogen and oxygen atoms in total. The van der Waals surface area contributed by atoms with Crippen LogP contribution in [-0.4, -0.2) is 16.7 Å². The molecule has 1 aromatic carbocycles. The maximum atomic E-state index is 8.81. The quantitative estimate of drug-likeness (QED) is 0.827. The second kappa shape index (κ2) is 6.18. The lowest BCUT2D eigenvalue weighted by atomic mass is 10.1. The largest absolute Gasteiger partial charge is 0.396 e. The van der Waals surface area contributed by atoms with Gasteiger partial charge in [-0.3, -0.25) is 0 Å². The number of aliphatic hydroxyl groups is 1. The van der Waals surface area contributed by atoms with Crippen LogP contribution in [0, 0.1) is 0 Å². The molecule has 0 aliphatic rings. The standard InChI is InChI=1S/C13H15ClN2OS/c14-10-6-4-9(5-7-10)12-11(3-1-2-8-17)18-13(15)16-12/h4-7,17H,1-3,8H2,(H2,15,16). The van der Waals surface area contributed by atoms with Gasteiger partial charge in [-0.15, -0.1) is 11.3 Å². The first-order chi connectivity index (χ1) is 8.70. The summed E-state index contributed by atoms with van der Waals surface area (Å²) in [4.78, 5) is 5.55. The van der Waals surface area contributed by atoms with Crippen LogP contribution in [-0.2, 0) is 6.42 Å². The number of unbranched alkanes of at least 4 members (excludes halogenated alkanes) is 1. The highest BCUT2D eigenvalue weighted by Crippen LogP contribution is 2.31. The molecular weight excluding hydrogens is 268 g/mol. The van der Waals surface area contributed by atoms with E-state index in [0.717, 1.165) is 30.5 Å². The summed E-state index contributed by atoms with van der Waals surface area (Å²) in [6.45, 7) is 0.227. The summed E-state index contributed by atoms with van der Waals surface area (Å²) in [5, 5.41) is 10.1. The summed E-state index contributed by atoms with van der Waals surface area (Å²) >= 11 is 7.39. The Morgan fingerprint density at radius 2 is 1.94 bits per heavy atom. The summed E-state index contributed by atoms with van der Waals surface area (Å²) in [6, 6.07) is 7.60. The monoisotopic (exact) mass is 282 g/mol. The zero-order valence-corrected chi connectivity index (χ0v) is 11.5. The van der Waals surface area contributed by atoms with E-state index in [4.69, 9.17) is 22.4 Å². The molecule has 0 fully saturated rings. The number of anilines is 1. The lowest BCUT2D eigenvalue weighted by Crippen LogP contribution is -1.89. The Bertz CT molecular complexity index is 510. The molecule has 3 N–H and O–H groups in total. The van der Waals surface area contributed by atoms with Gasteiger partial charge in [-0.05, 0) is 31.4 Å². The Morgan fingerprint density at radius 3 is 2.61 bits per heavy atom. The SMILES string of the molecule is Nc1nc(-c2ccc(Cl)cc2)c(CCCCO)s1. The van der Waals surface area contributed by atoms with E-state index in [1.54, 1.807) is 0 Å². The normalized spacial score (nSPS) is 10.8. The average molecular weight is 283 g/mol. The van der Waals surface area contributed by atoms with Crippen LogP contribution in [0.1, 0.15) is 17.7 Å². The van der Waals surface area contributed by atoms with Crippen LogP contribution in [0.25, 0.3) is 11.3 Å². The van der Waals surface area contributed by atoms with Crippen LogP contribution in [0.4, 0.5) is 5.13 Å². The van der Waals surface area contributed by atoms with Gasteiger partial charge in [0.1, 0.15) is 0 Å². The molecule has 5 heteroatoms. The third kappa shape index (κ3) is 3.22. The van der Waals surface area contributed by atoms with E-state index in [2.05, 4.69) is 4.98 Å². The third-order valence-electron chi connectivity index (χ3n) is 2.64. The second-order valence-electron chi connectivity index (χ2n) is 4.01. The highest BCUT2D eigenvalue weighted by molar-refractivity contribution is 7.15. The van der Waals surface area contributed by atoms with Gasteiger partial charge < -0.3 is 10.8 Å². The number of thiazole rings is 1. The van der Waals surface area contributed by atoms with Gasteiger partial charge in [-0.1, -0.05) is 23.7 Å². The molecule has 0 saturated heterocycles. The number of aromatic nitrogens is 1. The Kier molecular flexibility index (Phi) is 4.58. The second-order valence-corrected chi connectivity index (χ2v) is 5.56. The maximum absolute atomic E-state index is 8.81. The van der Waals surface area contributed by atoms with Gasteiger partial charge in [0, 0.05) is 22.1 Å². The molecule has 0 aliphatic heterocycles.